The molecule has 3 heterocycles. The zero-order chi connectivity index (χ0) is 15.1. The number of amides is 1. The minimum absolute atomic E-state index is 0.0407. The first-order valence-electron chi connectivity index (χ1n) is 7.11. The van der Waals surface area contributed by atoms with E-state index in [-0.39, 0.29) is 10.9 Å². The molecule has 3 aromatic rings. The van der Waals surface area contributed by atoms with Gasteiger partial charge in [-0.25, -0.2) is 0 Å². The van der Waals surface area contributed by atoms with Gasteiger partial charge >= 0.3 is 0 Å². The van der Waals surface area contributed by atoms with E-state index in [1.807, 2.05) is 35.2 Å². The molecule has 3 nitrogen and oxygen atoms in total. The van der Waals surface area contributed by atoms with Crippen LogP contribution in [0.4, 0.5) is 0 Å². The van der Waals surface area contributed by atoms with E-state index in [1.165, 1.54) is 4.70 Å². The highest BCUT2D eigenvalue weighted by atomic mass is 79.9. The highest BCUT2D eigenvalue weighted by Crippen LogP contribution is 2.37. The fourth-order valence-corrected chi connectivity index (χ4v) is 4.32. The molecular weight excluding hydrogens is 360 g/mol. The van der Waals surface area contributed by atoms with E-state index < -0.39 is 0 Å². The zero-order valence-electron chi connectivity index (χ0n) is 11.7. The second-order valence-corrected chi connectivity index (χ2v) is 7.09. The lowest BCUT2D eigenvalue weighted by Gasteiger charge is -2.20. The molecule has 110 valence electrons. The van der Waals surface area contributed by atoms with Crippen LogP contribution in [0.2, 0.25) is 0 Å². The number of fused-ring (bicyclic) bond motifs is 2. The van der Waals surface area contributed by atoms with Gasteiger partial charge in [0.1, 0.15) is 4.95 Å². The summed E-state index contributed by atoms with van der Waals surface area (Å²) >= 11 is 5.33. The second-order valence-electron chi connectivity index (χ2n) is 5.28. The molecule has 0 saturated heterocycles. The number of halogens is 1. The van der Waals surface area contributed by atoms with Crippen LogP contribution < -0.4 is 0 Å². The van der Waals surface area contributed by atoms with Crippen LogP contribution in [0, 0.1) is 0 Å². The molecule has 0 saturated carbocycles. The first-order chi connectivity index (χ1) is 10.7. The Labute approximate surface area is 140 Å². The Morgan fingerprint density at radius 1 is 1.18 bits per heavy atom. The van der Waals surface area contributed by atoms with E-state index in [9.17, 15) is 4.79 Å². The molecule has 1 aliphatic heterocycles. The van der Waals surface area contributed by atoms with Crippen molar-refractivity contribution in [1.29, 1.82) is 0 Å². The number of aromatic nitrogens is 1. The summed E-state index contributed by atoms with van der Waals surface area (Å²) in [5.41, 5.74) is 3.91. The van der Waals surface area contributed by atoms with Crippen molar-refractivity contribution in [3.8, 4) is 0 Å². The van der Waals surface area contributed by atoms with Gasteiger partial charge in [0, 0.05) is 24.2 Å². The van der Waals surface area contributed by atoms with E-state index in [0.717, 1.165) is 28.8 Å². The molecule has 2 aromatic heterocycles. The number of pyridine rings is 1. The molecule has 1 atom stereocenters. The lowest BCUT2D eigenvalue weighted by Crippen LogP contribution is -2.28. The van der Waals surface area contributed by atoms with Crippen LogP contribution in [-0.2, 0) is 6.42 Å². The lowest BCUT2D eigenvalue weighted by molar-refractivity contribution is 0.0778. The van der Waals surface area contributed by atoms with E-state index >= 15 is 0 Å². The van der Waals surface area contributed by atoms with Crippen molar-refractivity contribution in [2.45, 2.75) is 11.4 Å². The fraction of sp³-hybridized carbons (Fsp3) is 0.176. The summed E-state index contributed by atoms with van der Waals surface area (Å²) in [6, 6.07) is 14.0. The maximum absolute atomic E-state index is 12.5. The maximum Gasteiger partial charge on any atom is 0.255 e. The Bertz CT molecular complexity index is 860. The molecule has 0 radical (unpaired) electrons. The van der Waals surface area contributed by atoms with E-state index in [0.29, 0.717) is 6.54 Å². The number of nitrogens with zero attached hydrogens (tertiary/aromatic N) is 2. The summed E-state index contributed by atoms with van der Waals surface area (Å²) in [7, 11) is 0. The standard InChI is InChI=1S/C17H13BrN2OS/c18-16-12-3-1-2-4-13(12)17(21)20(16)9-7-11-5-6-15-14(19-11)8-10-22-15/h1-6,8,10,16H,7,9H2. The molecule has 0 spiro atoms. The number of thiophene rings is 1. The van der Waals surface area contributed by atoms with Crippen LogP contribution in [-0.4, -0.2) is 22.3 Å². The SMILES string of the molecule is O=C1c2ccccc2C(Br)N1CCc1ccc2sccc2n1. The van der Waals surface area contributed by atoms with Crippen molar-refractivity contribution in [2.75, 3.05) is 6.54 Å². The third-order valence-corrected chi connectivity index (χ3v) is 5.81. The summed E-state index contributed by atoms with van der Waals surface area (Å²) in [5, 5.41) is 2.05. The molecule has 1 aromatic carbocycles. The van der Waals surface area contributed by atoms with Crippen molar-refractivity contribution in [2.24, 2.45) is 0 Å². The summed E-state index contributed by atoms with van der Waals surface area (Å²) in [6.45, 7) is 0.659. The third-order valence-electron chi connectivity index (χ3n) is 3.96. The van der Waals surface area contributed by atoms with Crippen LogP contribution in [0.25, 0.3) is 10.2 Å². The minimum Gasteiger partial charge on any atom is -0.321 e. The highest BCUT2D eigenvalue weighted by molar-refractivity contribution is 9.09. The average Bonchev–Trinajstić information content (AvgIpc) is 3.10. The predicted octanol–water partition coefficient (Wildman–Crippen LogP) is 4.39. The number of carbonyl (C=O) groups excluding carboxylic acids is 1. The van der Waals surface area contributed by atoms with E-state index in [4.69, 9.17) is 0 Å². The Morgan fingerprint density at radius 3 is 2.91 bits per heavy atom. The molecule has 0 bridgehead atoms. The first-order valence-corrected chi connectivity index (χ1v) is 8.91. The van der Waals surface area contributed by atoms with E-state index in [2.05, 4.69) is 38.4 Å². The van der Waals surface area contributed by atoms with Gasteiger partial charge in [0.05, 0.1) is 10.2 Å². The largest absolute Gasteiger partial charge is 0.321 e. The molecule has 4 rings (SSSR count). The van der Waals surface area contributed by atoms with Gasteiger partial charge in [-0.05, 0) is 35.2 Å². The van der Waals surface area contributed by atoms with Gasteiger partial charge in [0.2, 0.25) is 0 Å². The Kier molecular flexibility index (Phi) is 3.47. The Morgan fingerprint density at radius 2 is 2.05 bits per heavy atom. The molecule has 1 unspecified atom stereocenters. The number of rotatable bonds is 3. The van der Waals surface area contributed by atoms with Gasteiger partial charge in [-0.2, -0.15) is 0 Å². The predicted molar refractivity (Wildman–Crippen MR) is 92.5 cm³/mol. The van der Waals surface area contributed by atoms with Crippen LogP contribution in [0.5, 0.6) is 0 Å². The van der Waals surface area contributed by atoms with Gasteiger partial charge in [-0.15, -0.1) is 11.3 Å². The van der Waals surface area contributed by atoms with Gasteiger partial charge in [-0.3, -0.25) is 9.78 Å². The van der Waals surface area contributed by atoms with Crippen LogP contribution in [0.1, 0.15) is 26.6 Å². The third kappa shape index (κ3) is 2.25. The molecule has 1 amide bonds. The van der Waals surface area contributed by atoms with Crippen molar-refractivity contribution in [3.63, 3.8) is 0 Å². The van der Waals surface area contributed by atoms with Gasteiger partial charge in [0.25, 0.3) is 5.91 Å². The normalized spacial score (nSPS) is 17.2. The summed E-state index contributed by atoms with van der Waals surface area (Å²) in [4.78, 5) is 19.0. The molecule has 22 heavy (non-hydrogen) atoms. The van der Waals surface area contributed by atoms with Gasteiger partial charge in [0.15, 0.2) is 0 Å². The minimum atomic E-state index is -0.0407. The number of hydrogen-bond acceptors (Lipinski definition) is 3. The molecular formula is C17H13BrN2OS. The quantitative estimate of drug-likeness (QED) is 0.504. The molecule has 0 aliphatic carbocycles. The fourth-order valence-electron chi connectivity index (χ4n) is 2.81. The number of alkyl halides is 1. The summed E-state index contributed by atoms with van der Waals surface area (Å²) in [6.07, 6.45) is 0.758. The maximum atomic E-state index is 12.5. The molecule has 0 fully saturated rings. The number of carbonyl (C=O) groups is 1. The Hall–Kier alpha value is -1.72. The lowest BCUT2D eigenvalue weighted by atomic mass is 10.1. The molecule has 0 N–H and O–H groups in total. The van der Waals surface area contributed by atoms with Crippen LogP contribution >= 0.6 is 27.3 Å². The van der Waals surface area contributed by atoms with Crippen LogP contribution in [0.15, 0.2) is 47.8 Å². The van der Waals surface area contributed by atoms with Crippen molar-refractivity contribution >= 4 is 43.4 Å². The molecule has 1 aliphatic rings. The molecule has 5 heteroatoms. The van der Waals surface area contributed by atoms with Crippen molar-refractivity contribution < 1.29 is 4.79 Å². The van der Waals surface area contributed by atoms with Gasteiger partial charge in [-0.1, -0.05) is 34.1 Å². The van der Waals surface area contributed by atoms with Crippen molar-refractivity contribution in [1.82, 2.24) is 9.88 Å². The zero-order valence-corrected chi connectivity index (χ0v) is 14.1. The monoisotopic (exact) mass is 372 g/mol. The van der Waals surface area contributed by atoms with Crippen molar-refractivity contribution in [3.05, 3.63) is 64.7 Å². The van der Waals surface area contributed by atoms with Gasteiger partial charge < -0.3 is 4.90 Å². The highest BCUT2D eigenvalue weighted by Gasteiger charge is 2.34. The first kappa shape index (κ1) is 13.9. The summed E-state index contributed by atoms with van der Waals surface area (Å²) in [5.74, 6) is 0.0917. The topological polar surface area (TPSA) is 33.2 Å². The Balaban J connectivity index is 1.53. The summed E-state index contributed by atoms with van der Waals surface area (Å²) < 4.78 is 1.20. The number of hydrogen-bond donors (Lipinski definition) is 0. The number of benzene rings is 1. The second kappa shape index (κ2) is 5.48. The van der Waals surface area contributed by atoms with E-state index in [1.54, 1.807) is 11.3 Å². The smallest absolute Gasteiger partial charge is 0.255 e. The van der Waals surface area contributed by atoms with Crippen LogP contribution in [0.3, 0.4) is 0 Å². The average molecular weight is 373 g/mol.